The molecule has 0 aliphatic carbocycles. The second-order valence-electron chi connectivity index (χ2n) is 6.95. The van der Waals surface area contributed by atoms with E-state index in [1.54, 1.807) is 23.7 Å². The van der Waals surface area contributed by atoms with Crippen LogP contribution in [-0.2, 0) is 16.1 Å². The molecular formula is C19H23N3O2S. The fourth-order valence-corrected chi connectivity index (χ4v) is 4.65. The average Bonchev–Trinajstić information content (AvgIpc) is 3.26. The van der Waals surface area contributed by atoms with Gasteiger partial charge in [-0.2, -0.15) is 11.3 Å². The van der Waals surface area contributed by atoms with E-state index in [1.807, 2.05) is 12.1 Å². The molecule has 4 rings (SSSR count). The van der Waals surface area contributed by atoms with Gasteiger partial charge in [0.25, 0.3) is 0 Å². The molecule has 0 radical (unpaired) electrons. The number of carbonyl (C=O) groups excluding carboxylic acids is 1. The van der Waals surface area contributed by atoms with E-state index in [2.05, 4.69) is 32.0 Å². The van der Waals surface area contributed by atoms with Crippen molar-refractivity contribution < 1.29 is 9.53 Å². The van der Waals surface area contributed by atoms with Gasteiger partial charge in [-0.1, -0.05) is 0 Å². The molecule has 2 aromatic heterocycles. The van der Waals surface area contributed by atoms with Gasteiger partial charge >= 0.3 is 0 Å². The lowest BCUT2D eigenvalue weighted by molar-refractivity contribution is -0.118. The van der Waals surface area contributed by atoms with Crippen LogP contribution in [0, 0.1) is 11.8 Å². The molecule has 132 valence electrons. The van der Waals surface area contributed by atoms with Crippen molar-refractivity contribution in [2.75, 3.05) is 25.0 Å². The highest BCUT2D eigenvalue weighted by atomic mass is 32.1. The number of hydrogen-bond donors (Lipinski definition) is 1. The third-order valence-corrected chi connectivity index (χ3v) is 5.93. The first-order valence-corrected chi connectivity index (χ1v) is 9.77. The Kier molecular flexibility index (Phi) is 5.10. The van der Waals surface area contributed by atoms with Gasteiger partial charge in [0.1, 0.15) is 0 Å². The lowest BCUT2D eigenvalue weighted by Crippen LogP contribution is -2.41. The van der Waals surface area contributed by atoms with E-state index in [0.717, 1.165) is 38.3 Å². The summed E-state index contributed by atoms with van der Waals surface area (Å²) in [4.78, 5) is 18.8. The number of thiophene rings is 1. The van der Waals surface area contributed by atoms with Crippen LogP contribution in [0.15, 0.2) is 41.4 Å². The van der Waals surface area contributed by atoms with Crippen LogP contribution in [0.1, 0.15) is 18.4 Å². The maximum Gasteiger partial charge on any atom is 0.227 e. The van der Waals surface area contributed by atoms with Crippen molar-refractivity contribution in [2.45, 2.75) is 25.5 Å². The van der Waals surface area contributed by atoms with Gasteiger partial charge in [-0.15, -0.1) is 0 Å². The SMILES string of the molecule is O=C(C[C@@H]1OC[C@@H]2CN(Cc3ccsc3)CC[C@@H]21)Nc1cccnc1. The highest BCUT2D eigenvalue weighted by molar-refractivity contribution is 7.07. The Morgan fingerprint density at radius 2 is 2.40 bits per heavy atom. The molecule has 1 amide bonds. The van der Waals surface area contributed by atoms with Crippen LogP contribution in [0.5, 0.6) is 0 Å². The number of aromatic nitrogens is 1. The first-order valence-electron chi connectivity index (χ1n) is 8.83. The average molecular weight is 357 g/mol. The minimum Gasteiger partial charge on any atom is -0.377 e. The van der Waals surface area contributed by atoms with E-state index in [-0.39, 0.29) is 12.0 Å². The third-order valence-electron chi connectivity index (χ3n) is 5.20. The van der Waals surface area contributed by atoms with Crippen LogP contribution >= 0.6 is 11.3 Å². The number of nitrogens with one attached hydrogen (secondary N) is 1. The molecule has 6 heteroatoms. The Hall–Kier alpha value is -1.76. The number of ether oxygens (including phenoxy) is 1. The number of nitrogens with zero attached hydrogens (tertiary/aromatic N) is 2. The van der Waals surface area contributed by atoms with Gasteiger partial charge in [0.05, 0.1) is 31.0 Å². The van der Waals surface area contributed by atoms with Crippen molar-refractivity contribution in [3.8, 4) is 0 Å². The van der Waals surface area contributed by atoms with Gasteiger partial charge in [0.2, 0.25) is 5.91 Å². The van der Waals surface area contributed by atoms with Crippen LogP contribution < -0.4 is 5.32 Å². The van der Waals surface area contributed by atoms with Crippen LogP contribution in [0.3, 0.4) is 0 Å². The second kappa shape index (κ2) is 7.64. The van der Waals surface area contributed by atoms with Crippen molar-refractivity contribution in [1.29, 1.82) is 0 Å². The van der Waals surface area contributed by atoms with E-state index in [0.29, 0.717) is 18.3 Å². The molecule has 25 heavy (non-hydrogen) atoms. The molecule has 0 bridgehead atoms. The van der Waals surface area contributed by atoms with Crippen molar-refractivity contribution in [3.63, 3.8) is 0 Å². The number of likely N-dealkylation sites (tertiary alicyclic amines) is 1. The smallest absolute Gasteiger partial charge is 0.227 e. The topological polar surface area (TPSA) is 54.5 Å². The molecule has 1 N–H and O–H groups in total. The zero-order valence-corrected chi connectivity index (χ0v) is 15.0. The summed E-state index contributed by atoms with van der Waals surface area (Å²) in [6.07, 6.45) is 4.95. The van der Waals surface area contributed by atoms with Crippen molar-refractivity contribution in [3.05, 3.63) is 46.9 Å². The quantitative estimate of drug-likeness (QED) is 0.894. The Morgan fingerprint density at radius 3 is 3.20 bits per heavy atom. The van der Waals surface area contributed by atoms with Gasteiger partial charge in [-0.25, -0.2) is 0 Å². The molecule has 4 heterocycles. The predicted molar refractivity (Wildman–Crippen MR) is 98.4 cm³/mol. The van der Waals surface area contributed by atoms with Crippen LogP contribution in [0.25, 0.3) is 0 Å². The summed E-state index contributed by atoms with van der Waals surface area (Å²) in [6.45, 7) is 3.96. The van der Waals surface area contributed by atoms with Crippen LogP contribution in [0.4, 0.5) is 5.69 Å². The summed E-state index contributed by atoms with van der Waals surface area (Å²) in [5.41, 5.74) is 2.14. The standard InChI is InChI=1S/C19H23N3O2S/c23-19(21-16-2-1-5-20-9-16)8-18-17-3-6-22(11-15(17)12-24-18)10-14-4-7-25-13-14/h1-2,4-5,7,9,13,15,17-18H,3,6,8,10-12H2,(H,21,23)/t15-,17-,18-/m0/s1. The number of rotatable bonds is 5. The highest BCUT2D eigenvalue weighted by Crippen LogP contribution is 2.36. The molecule has 0 unspecified atom stereocenters. The maximum atomic E-state index is 12.3. The van der Waals surface area contributed by atoms with E-state index in [1.165, 1.54) is 5.56 Å². The second-order valence-corrected chi connectivity index (χ2v) is 7.73. The van der Waals surface area contributed by atoms with Gasteiger partial charge in [-0.05, 0) is 53.4 Å². The molecule has 2 fully saturated rings. The number of pyridine rings is 1. The summed E-state index contributed by atoms with van der Waals surface area (Å²) in [7, 11) is 0. The molecule has 2 aromatic rings. The predicted octanol–water partition coefficient (Wildman–Crippen LogP) is 3.01. The normalized spacial score (nSPS) is 26.3. The van der Waals surface area contributed by atoms with Gasteiger partial charge in [0, 0.05) is 25.2 Å². The van der Waals surface area contributed by atoms with Crippen LogP contribution in [-0.4, -0.2) is 41.6 Å². The number of hydrogen-bond acceptors (Lipinski definition) is 5. The number of amides is 1. The number of piperidine rings is 1. The van der Waals surface area contributed by atoms with Crippen LogP contribution in [0.2, 0.25) is 0 Å². The molecule has 5 nitrogen and oxygen atoms in total. The summed E-state index contributed by atoms with van der Waals surface area (Å²) >= 11 is 1.76. The molecule has 2 aliphatic rings. The lowest BCUT2D eigenvalue weighted by Gasteiger charge is -2.35. The van der Waals surface area contributed by atoms with Crippen molar-refractivity contribution in [1.82, 2.24) is 9.88 Å². The Morgan fingerprint density at radius 1 is 1.44 bits per heavy atom. The first-order chi connectivity index (χ1) is 12.3. The number of carbonyl (C=O) groups is 1. The summed E-state index contributed by atoms with van der Waals surface area (Å²) < 4.78 is 5.99. The largest absolute Gasteiger partial charge is 0.377 e. The Labute approximate surface area is 152 Å². The lowest BCUT2D eigenvalue weighted by atomic mass is 9.83. The first kappa shape index (κ1) is 16.7. The number of fused-ring (bicyclic) bond motifs is 1. The highest BCUT2D eigenvalue weighted by Gasteiger charge is 2.41. The zero-order chi connectivity index (χ0) is 17.1. The summed E-state index contributed by atoms with van der Waals surface area (Å²) in [5.74, 6) is 1.06. The fraction of sp³-hybridized carbons (Fsp3) is 0.474. The van der Waals surface area contributed by atoms with Gasteiger partial charge < -0.3 is 10.1 Å². The molecule has 3 atom stereocenters. The van der Waals surface area contributed by atoms with Crippen molar-refractivity contribution in [2.24, 2.45) is 11.8 Å². The molecule has 0 saturated carbocycles. The molecular weight excluding hydrogens is 334 g/mol. The molecule has 2 aliphatic heterocycles. The van der Waals surface area contributed by atoms with Gasteiger partial charge in [0.15, 0.2) is 0 Å². The molecule has 0 spiro atoms. The number of anilines is 1. The fourth-order valence-electron chi connectivity index (χ4n) is 3.99. The van der Waals surface area contributed by atoms with Crippen molar-refractivity contribution >= 4 is 22.9 Å². The van der Waals surface area contributed by atoms with E-state index in [9.17, 15) is 4.79 Å². The van der Waals surface area contributed by atoms with E-state index in [4.69, 9.17) is 4.74 Å². The molecule has 2 saturated heterocycles. The summed E-state index contributed by atoms with van der Waals surface area (Å²) in [6, 6.07) is 5.88. The summed E-state index contributed by atoms with van der Waals surface area (Å²) in [5, 5.41) is 7.27. The zero-order valence-electron chi connectivity index (χ0n) is 14.1. The third kappa shape index (κ3) is 4.08. The monoisotopic (exact) mass is 357 g/mol. The van der Waals surface area contributed by atoms with E-state index < -0.39 is 0 Å². The maximum absolute atomic E-state index is 12.3. The molecule has 0 aromatic carbocycles. The minimum atomic E-state index is 0.0133. The van der Waals surface area contributed by atoms with Gasteiger partial charge in [-0.3, -0.25) is 14.7 Å². The Balaban J connectivity index is 1.29. The van der Waals surface area contributed by atoms with E-state index >= 15 is 0 Å². The minimum absolute atomic E-state index is 0.0133. The Bertz CT molecular complexity index is 692.